The van der Waals surface area contributed by atoms with E-state index < -0.39 is 0 Å². The maximum Gasteiger partial charge on any atom is 0.164 e. The van der Waals surface area contributed by atoms with Crippen molar-refractivity contribution in [3.8, 4) is 62.1 Å². The van der Waals surface area contributed by atoms with Gasteiger partial charge in [-0.25, -0.2) is 15.0 Å². The number of furan rings is 2. The standard InChI is InChI=1S/C57H34N4O2/c1-3-13-35(14-4-1)37-17-11-18-38(31-37)42-21-12-24-51-54(42)46-29-26-40(33-53(46)63-51)57-59-55(36-15-5-2-6-16-36)58-56(60-57)39-25-28-45-47-34-41(27-30-50(47)62-52(45)32-39)61-48-22-9-7-19-43(48)44-20-8-10-23-49(44)61/h1-34H. The lowest BCUT2D eigenvalue weighted by atomic mass is 9.96. The van der Waals surface area contributed by atoms with Crippen LogP contribution in [0.1, 0.15) is 0 Å². The lowest BCUT2D eigenvalue weighted by molar-refractivity contribution is 0.668. The van der Waals surface area contributed by atoms with Crippen LogP contribution >= 0.6 is 0 Å². The smallest absolute Gasteiger partial charge is 0.164 e. The third kappa shape index (κ3) is 5.76. The van der Waals surface area contributed by atoms with Gasteiger partial charge in [0.2, 0.25) is 0 Å². The molecule has 294 valence electrons. The SMILES string of the molecule is c1ccc(-c2cccc(-c3cccc4oc5cc(-c6nc(-c7ccccc7)nc(-c7ccc8c(c7)oc7ccc(-n9c%10ccccc%10c%10ccccc%109)cc78)n6)ccc5c34)c2)cc1. The fourth-order valence-electron chi connectivity index (χ4n) is 9.30. The predicted molar refractivity (Wildman–Crippen MR) is 256 cm³/mol. The third-order valence-corrected chi connectivity index (χ3v) is 12.3. The second-order valence-corrected chi connectivity index (χ2v) is 16.0. The number of fused-ring (bicyclic) bond motifs is 9. The average molecular weight is 807 g/mol. The van der Waals surface area contributed by atoms with Crippen LogP contribution in [-0.2, 0) is 0 Å². The van der Waals surface area contributed by atoms with Crippen molar-refractivity contribution in [3.63, 3.8) is 0 Å². The number of benzene rings is 9. The zero-order valence-corrected chi connectivity index (χ0v) is 33.7. The van der Waals surface area contributed by atoms with Crippen LogP contribution in [0.15, 0.2) is 215 Å². The molecule has 13 rings (SSSR count). The molecule has 0 atom stereocenters. The Morgan fingerprint density at radius 2 is 0.857 bits per heavy atom. The number of para-hydroxylation sites is 2. The minimum Gasteiger partial charge on any atom is -0.456 e. The van der Waals surface area contributed by atoms with E-state index >= 15 is 0 Å². The molecule has 0 unspecified atom stereocenters. The molecule has 9 aromatic carbocycles. The second kappa shape index (κ2) is 14.0. The molecule has 0 spiro atoms. The Hall–Kier alpha value is -8.61. The Morgan fingerprint density at radius 1 is 0.302 bits per heavy atom. The Labute approximate surface area is 361 Å². The molecule has 0 N–H and O–H groups in total. The zero-order chi connectivity index (χ0) is 41.4. The van der Waals surface area contributed by atoms with E-state index in [1.807, 2.05) is 54.6 Å². The van der Waals surface area contributed by atoms with Crippen LogP contribution in [-0.4, -0.2) is 19.5 Å². The van der Waals surface area contributed by atoms with Crippen molar-refractivity contribution in [2.45, 2.75) is 0 Å². The molecule has 4 aromatic heterocycles. The molecular weight excluding hydrogens is 773 g/mol. The van der Waals surface area contributed by atoms with Crippen LogP contribution in [0, 0.1) is 0 Å². The number of hydrogen-bond donors (Lipinski definition) is 0. The van der Waals surface area contributed by atoms with Crippen molar-refractivity contribution in [1.29, 1.82) is 0 Å². The molecule has 63 heavy (non-hydrogen) atoms. The molecule has 0 radical (unpaired) electrons. The first-order valence-corrected chi connectivity index (χ1v) is 21.1. The maximum atomic E-state index is 6.59. The fraction of sp³-hybridized carbons (Fsp3) is 0. The Kier molecular flexibility index (Phi) is 7.80. The van der Waals surface area contributed by atoms with Crippen LogP contribution in [0.4, 0.5) is 0 Å². The quantitative estimate of drug-likeness (QED) is 0.167. The van der Waals surface area contributed by atoms with Crippen molar-refractivity contribution >= 4 is 65.7 Å². The fourth-order valence-corrected chi connectivity index (χ4v) is 9.30. The Balaban J connectivity index is 0.915. The predicted octanol–water partition coefficient (Wildman–Crippen LogP) is 15.1. The third-order valence-electron chi connectivity index (χ3n) is 12.3. The number of rotatable bonds is 6. The average Bonchev–Trinajstić information content (AvgIpc) is 4.03. The van der Waals surface area contributed by atoms with Gasteiger partial charge in [-0.2, -0.15) is 0 Å². The van der Waals surface area contributed by atoms with Crippen LogP contribution in [0.5, 0.6) is 0 Å². The lowest BCUT2D eigenvalue weighted by Gasteiger charge is -2.09. The van der Waals surface area contributed by atoms with Crippen molar-refractivity contribution in [2.24, 2.45) is 0 Å². The summed E-state index contributed by atoms with van der Waals surface area (Å²) in [5.74, 6) is 1.69. The van der Waals surface area contributed by atoms with Gasteiger partial charge in [0, 0.05) is 54.7 Å². The summed E-state index contributed by atoms with van der Waals surface area (Å²) in [4.78, 5) is 15.2. The summed E-state index contributed by atoms with van der Waals surface area (Å²) in [5.41, 5.74) is 13.8. The number of aromatic nitrogens is 4. The van der Waals surface area contributed by atoms with Gasteiger partial charge in [0.05, 0.1) is 11.0 Å². The maximum absolute atomic E-state index is 6.59. The molecule has 0 saturated carbocycles. The topological polar surface area (TPSA) is 69.9 Å². The molecule has 6 nitrogen and oxygen atoms in total. The van der Waals surface area contributed by atoms with Gasteiger partial charge in [0.1, 0.15) is 22.3 Å². The molecule has 0 aliphatic carbocycles. The highest BCUT2D eigenvalue weighted by Crippen LogP contribution is 2.40. The van der Waals surface area contributed by atoms with Gasteiger partial charge in [0.15, 0.2) is 17.5 Å². The molecule has 0 bridgehead atoms. The largest absolute Gasteiger partial charge is 0.456 e. The van der Waals surface area contributed by atoms with E-state index in [2.05, 4.69) is 156 Å². The minimum atomic E-state index is 0.553. The number of hydrogen-bond acceptors (Lipinski definition) is 5. The molecule has 0 fully saturated rings. The summed E-state index contributed by atoms with van der Waals surface area (Å²) < 4.78 is 15.5. The normalized spacial score (nSPS) is 11.8. The highest BCUT2D eigenvalue weighted by atomic mass is 16.3. The second-order valence-electron chi connectivity index (χ2n) is 16.0. The van der Waals surface area contributed by atoms with E-state index in [4.69, 9.17) is 23.8 Å². The lowest BCUT2D eigenvalue weighted by Crippen LogP contribution is -2.00. The Bertz CT molecular complexity index is 3870. The van der Waals surface area contributed by atoms with Gasteiger partial charge >= 0.3 is 0 Å². The Morgan fingerprint density at radius 3 is 1.57 bits per heavy atom. The summed E-state index contributed by atoms with van der Waals surface area (Å²) in [6, 6.07) is 71.6. The summed E-state index contributed by atoms with van der Waals surface area (Å²) in [6.45, 7) is 0. The van der Waals surface area contributed by atoms with Gasteiger partial charge in [0.25, 0.3) is 0 Å². The molecule has 13 aromatic rings. The van der Waals surface area contributed by atoms with Gasteiger partial charge in [-0.3, -0.25) is 0 Å². The van der Waals surface area contributed by atoms with Gasteiger partial charge in [-0.15, -0.1) is 0 Å². The zero-order valence-electron chi connectivity index (χ0n) is 33.7. The first-order valence-electron chi connectivity index (χ1n) is 21.1. The van der Waals surface area contributed by atoms with Crippen LogP contribution < -0.4 is 0 Å². The molecule has 0 amide bonds. The van der Waals surface area contributed by atoms with E-state index in [0.717, 1.165) is 77.4 Å². The van der Waals surface area contributed by atoms with Crippen LogP contribution in [0.3, 0.4) is 0 Å². The monoisotopic (exact) mass is 806 g/mol. The van der Waals surface area contributed by atoms with E-state index in [-0.39, 0.29) is 0 Å². The molecule has 0 aliphatic rings. The highest BCUT2D eigenvalue weighted by Gasteiger charge is 2.19. The van der Waals surface area contributed by atoms with Crippen molar-refractivity contribution in [2.75, 3.05) is 0 Å². The van der Waals surface area contributed by atoms with E-state index in [0.29, 0.717) is 17.5 Å². The van der Waals surface area contributed by atoms with Crippen molar-refractivity contribution in [3.05, 3.63) is 206 Å². The summed E-state index contributed by atoms with van der Waals surface area (Å²) in [6.07, 6.45) is 0. The summed E-state index contributed by atoms with van der Waals surface area (Å²) in [5, 5.41) is 6.64. The van der Waals surface area contributed by atoms with Crippen LogP contribution in [0.25, 0.3) is 128 Å². The summed E-state index contributed by atoms with van der Waals surface area (Å²) in [7, 11) is 0. The van der Waals surface area contributed by atoms with Crippen molar-refractivity contribution in [1.82, 2.24) is 19.5 Å². The van der Waals surface area contributed by atoms with Crippen LogP contribution in [0.2, 0.25) is 0 Å². The van der Waals surface area contributed by atoms with E-state index in [1.165, 1.54) is 32.9 Å². The first-order chi connectivity index (χ1) is 31.2. The molecule has 4 heterocycles. The van der Waals surface area contributed by atoms with E-state index in [9.17, 15) is 0 Å². The number of nitrogens with zero attached hydrogens (tertiary/aromatic N) is 4. The van der Waals surface area contributed by atoms with Crippen molar-refractivity contribution < 1.29 is 8.83 Å². The molecule has 0 aliphatic heterocycles. The van der Waals surface area contributed by atoms with Gasteiger partial charge in [-0.05, 0) is 89.0 Å². The molecule has 0 saturated heterocycles. The summed E-state index contributed by atoms with van der Waals surface area (Å²) >= 11 is 0. The highest BCUT2D eigenvalue weighted by molar-refractivity contribution is 6.13. The first kappa shape index (κ1) is 35.2. The minimum absolute atomic E-state index is 0.553. The van der Waals surface area contributed by atoms with Gasteiger partial charge < -0.3 is 13.4 Å². The molecular formula is C57H34N4O2. The van der Waals surface area contributed by atoms with E-state index in [1.54, 1.807) is 0 Å². The van der Waals surface area contributed by atoms with Gasteiger partial charge in [-0.1, -0.05) is 140 Å². The molecule has 6 heteroatoms.